The molecule has 76 valence electrons. The molecule has 0 aromatic heterocycles. The van der Waals surface area contributed by atoms with Crippen LogP contribution in [0, 0.1) is 5.92 Å². The lowest BCUT2D eigenvalue weighted by molar-refractivity contribution is -0.139. The second-order valence-corrected chi connectivity index (χ2v) is 4.02. The Morgan fingerprint density at radius 1 is 1.46 bits per heavy atom. The highest BCUT2D eigenvalue weighted by molar-refractivity contribution is 5.78. The first-order valence-electron chi connectivity index (χ1n) is 4.77. The van der Waals surface area contributed by atoms with E-state index in [0.717, 1.165) is 19.6 Å². The number of likely N-dealkylation sites (N-methyl/N-ethyl adjacent to an activating group) is 1. The van der Waals surface area contributed by atoms with Crippen LogP contribution in [0.4, 0.5) is 0 Å². The Kier molecular flexibility index (Phi) is 3.27. The van der Waals surface area contributed by atoms with Crippen molar-refractivity contribution >= 4 is 5.91 Å². The molecule has 1 rings (SSSR count). The summed E-state index contributed by atoms with van der Waals surface area (Å²) in [5.74, 6) is 0.218. The molecule has 1 amide bonds. The summed E-state index contributed by atoms with van der Waals surface area (Å²) in [6, 6.07) is 0. The fourth-order valence-corrected chi connectivity index (χ4v) is 1.56. The van der Waals surface area contributed by atoms with Gasteiger partial charge in [0.15, 0.2) is 0 Å². The van der Waals surface area contributed by atoms with Gasteiger partial charge in [-0.05, 0) is 7.05 Å². The topological polar surface area (TPSA) is 49.6 Å². The van der Waals surface area contributed by atoms with Crippen molar-refractivity contribution in [3.8, 4) is 0 Å². The van der Waals surface area contributed by atoms with Gasteiger partial charge >= 0.3 is 0 Å². The molecule has 1 fully saturated rings. The second kappa shape index (κ2) is 4.07. The lowest BCUT2D eigenvalue weighted by Gasteiger charge is -2.38. The van der Waals surface area contributed by atoms with Gasteiger partial charge in [-0.2, -0.15) is 0 Å². The number of hydrogen-bond donors (Lipinski definition) is 1. The number of rotatable bonds is 1. The lowest BCUT2D eigenvalue weighted by Crippen LogP contribution is -2.58. The molecule has 0 aromatic carbocycles. The fourth-order valence-electron chi connectivity index (χ4n) is 1.56. The van der Waals surface area contributed by atoms with E-state index in [2.05, 4.69) is 4.90 Å². The number of piperazine rings is 1. The lowest BCUT2D eigenvalue weighted by atomic mass is 10.1. The summed E-state index contributed by atoms with van der Waals surface area (Å²) in [7, 11) is 2.02. The van der Waals surface area contributed by atoms with E-state index in [4.69, 9.17) is 5.73 Å². The summed E-state index contributed by atoms with van der Waals surface area (Å²) in [6.45, 7) is 6.28. The Morgan fingerprint density at radius 3 is 2.54 bits per heavy atom. The first kappa shape index (κ1) is 10.5. The van der Waals surface area contributed by atoms with Crippen LogP contribution < -0.4 is 5.73 Å². The number of hydrogen-bond acceptors (Lipinski definition) is 3. The zero-order valence-corrected chi connectivity index (χ0v) is 8.66. The Balaban J connectivity index is 2.56. The van der Waals surface area contributed by atoms with E-state index >= 15 is 0 Å². The minimum Gasteiger partial charge on any atom is -0.325 e. The highest BCUT2D eigenvalue weighted by Gasteiger charge is 2.27. The van der Waals surface area contributed by atoms with Crippen LogP contribution in [0.1, 0.15) is 13.8 Å². The quantitative estimate of drug-likeness (QED) is 0.610. The van der Waals surface area contributed by atoms with Gasteiger partial charge in [0.05, 0.1) is 6.17 Å². The molecule has 2 N–H and O–H groups in total. The molecular weight excluding hydrogens is 166 g/mol. The molecule has 1 aliphatic heterocycles. The molecule has 0 bridgehead atoms. The molecule has 0 spiro atoms. The number of carbonyl (C=O) groups excluding carboxylic acids is 1. The van der Waals surface area contributed by atoms with Crippen molar-refractivity contribution in [3.05, 3.63) is 0 Å². The molecule has 13 heavy (non-hydrogen) atoms. The van der Waals surface area contributed by atoms with Crippen LogP contribution in [-0.4, -0.2) is 48.6 Å². The van der Waals surface area contributed by atoms with E-state index in [9.17, 15) is 4.79 Å². The maximum Gasteiger partial charge on any atom is 0.226 e. The average molecular weight is 185 g/mol. The summed E-state index contributed by atoms with van der Waals surface area (Å²) in [5, 5.41) is 0. The number of nitrogens with two attached hydrogens (primary N) is 1. The Morgan fingerprint density at radius 2 is 2.08 bits per heavy atom. The zero-order valence-electron chi connectivity index (χ0n) is 8.66. The fraction of sp³-hybridized carbons (Fsp3) is 0.889. The van der Waals surface area contributed by atoms with Crippen molar-refractivity contribution in [3.63, 3.8) is 0 Å². The number of amides is 1. The summed E-state index contributed by atoms with van der Waals surface area (Å²) < 4.78 is 0. The van der Waals surface area contributed by atoms with Gasteiger partial charge in [-0.25, -0.2) is 0 Å². The summed E-state index contributed by atoms with van der Waals surface area (Å²) in [4.78, 5) is 15.6. The Labute approximate surface area is 79.7 Å². The highest BCUT2D eigenvalue weighted by atomic mass is 16.2. The molecule has 0 aromatic rings. The van der Waals surface area contributed by atoms with Gasteiger partial charge in [-0.3, -0.25) is 4.79 Å². The normalized spacial score (nSPS) is 25.3. The molecule has 4 nitrogen and oxygen atoms in total. The minimum absolute atomic E-state index is 0.0504. The van der Waals surface area contributed by atoms with Crippen molar-refractivity contribution in [1.82, 2.24) is 9.80 Å². The van der Waals surface area contributed by atoms with Crippen molar-refractivity contribution in [2.24, 2.45) is 11.7 Å². The van der Waals surface area contributed by atoms with Crippen molar-refractivity contribution in [2.75, 3.05) is 26.7 Å². The average Bonchev–Trinajstić information content (AvgIpc) is 2.03. The van der Waals surface area contributed by atoms with E-state index < -0.39 is 0 Å². The highest BCUT2D eigenvalue weighted by Crippen LogP contribution is 2.08. The van der Waals surface area contributed by atoms with Crippen molar-refractivity contribution < 1.29 is 4.79 Å². The standard InChI is InChI=1S/C9H19N3O/c1-7(2)9(13)12-5-4-11(3)6-8(12)10/h7-8H,4-6,10H2,1-3H3/t8-/m0/s1. The largest absolute Gasteiger partial charge is 0.325 e. The molecular formula is C9H19N3O. The smallest absolute Gasteiger partial charge is 0.226 e. The maximum absolute atomic E-state index is 11.6. The molecule has 1 heterocycles. The van der Waals surface area contributed by atoms with E-state index in [0.29, 0.717) is 0 Å². The molecule has 0 unspecified atom stereocenters. The molecule has 1 aliphatic rings. The maximum atomic E-state index is 11.6. The van der Waals surface area contributed by atoms with Crippen LogP contribution in [0.5, 0.6) is 0 Å². The summed E-state index contributed by atoms with van der Waals surface area (Å²) >= 11 is 0. The third-order valence-corrected chi connectivity index (χ3v) is 2.40. The number of carbonyl (C=O) groups is 1. The SMILES string of the molecule is CC(C)C(=O)N1CCN(C)C[C@H]1N. The third kappa shape index (κ3) is 2.42. The predicted octanol–water partition coefficient (Wildman–Crippen LogP) is -0.299. The summed E-state index contributed by atoms with van der Waals surface area (Å²) in [6.07, 6.45) is -0.131. The molecule has 4 heteroatoms. The van der Waals surface area contributed by atoms with E-state index in [1.165, 1.54) is 0 Å². The van der Waals surface area contributed by atoms with Gasteiger partial charge in [0.1, 0.15) is 0 Å². The van der Waals surface area contributed by atoms with E-state index in [1.807, 2.05) is 20.9 Å². The van der Waals surface area contributed by atoms with Crippen LogP contribution in [0.2, 0.25) is 0 Å². The predicted molar refractivity (Wildman–Crippen MR) is 52.0 cm³/mol. The van der Waals surface area contributed by atoms with Crippen LogP contribution in [0.15, 0.2) is 0 Å². The third-order valence-electron chi connectivity index (χ3n) is 2.40. The van der Waals surface area contributed by atoms with Gasteiger partial charge in [0, 0.05) is 25.6 Å². The number of nitrogens with zero attached hydrogens (tertiary/aromatic N) is 2. The van der Waals surface area contributed by atoms with Crippen LogP contribution >= 0.6 is 0 Å². The van der Waals surface area contributed by atoms with Crippen LogP contribution in [0.25, 0.3) is 0 Å². The van der Waals surface area contributed by atoms with Crippen molar-refractivity contribution in [2.45, 2.75) is 20.0 Å². The summed E-state index contributed by atoms with van der Waals surface area (Å²) in [5.41, 5.74) is 5.87. The van der Waals surface area contributed by atoms with Crippen molar-refractivity contribution in [1.29, 1.82) is 0 Å². The van der Waals surface area contributed by atoms with Crippen LogP contribution in [-0.2, 0) is 4.79 Å². The molecule has 1 saturated heterocycles. The van der Waals surface area contributed by atoms with Gasteiger partial charge in [0.2, 0.25) is 5.91 Å². The molecule has 0 saturated carbocycles. The van der Waals surface area contributed by atoms with Gasteiger partial charge in [0.25, 0.3) is 0 Å². The molecule has 1 atom stereocenters. The first-order chi connectivity index (χ1) is 6.02. The Bertz CT molecular complexity index is 193. The monoisotopic (exact) mass is 185 g/mol. The first-order valence-corrected chi connectivity index (χ1v) is 4.77. The van der Waals surface area contributed by atoms with Gasteiger partial charge in [-0.15, -0.1) is 0 Å². The molecule has 0 radical (unpaired) electrons. The molecule has 0 aliphatic carbocycles. The van der Waals surface area contributed by atoms with Crippen LogP contribution in [0.3, 0.4) is 0 Å². The van der Waals surface area contributed by atoms with Gasteiger partial charge < -0.3 is 15.5 Å². The van der Waals surface area contributed by atoms with E-state index in [1.54, 1.807) is 4.90 Å². The minimum atomic E-state index is -0.131. The van der Waals surface area contributed by atoms with E-state index in [-0.39, 0.29) is 18.0 Å². The Hall–Kier alpha value is -0.610. The second-order valence-electron chi connectivity index (χ2n) is 4.02. The van der Waals surface area contributed by atoms with Gasteiger partial charge in [-0.1, -0.05) is 13.8 Å². The zero-order chi connectivity index (χ0) is 10.0.